The summed E-state index contributed by atoms with van der Waals surface area (Å²) in [5.41, 5.74) is 8.95. The number of amides is 1. The zero-order chi connectivity index (χ0) is 21.9. The van der Waals surface area contributed by atoms with Crippen molar-refractivity contribution in [3.8, 4) is 11.3 Å². The SMILES string of the molecule is CC1=C(CN2CCCC2)CCc2cc(NC(=O)c3ccc(-c4ccccc4)nc3)ccc21. The molecule has 0 bridgehead atoms. The van der Waals surface area contributed by atoms with Crippen molar-refractivity contribution >= 4 is 17.2 Å². The molecule has 1 aromatic heterocycles. The lowest BCUT2D eigenvalue weighted by Gasteiger charge is -2.25. The quantitative estimate of drug-likeness (QED) is 0.563. The number of aryl methyl sites for hydroxylation is 1. The average molecular weight is 424 g/mol. The number of aromatic nitrogens is 1. The number of carbonyl (C=O) groups is 1. The lowest BCUT2D eigenvalue weighted by Crippen LogP contribution is -2.24. The summed E-state index contributed by atoms with van der Waals surface area (Å²) >= 11 is 0. The summed E-state index contributed by atoms with van der Waals surface area (Å²) in [4.78, 5) is 19.8. The molecule has 1 saturated heterocycles. The molecule has 0 saturated carbocycles. The molecule has 1 fully saturated rings. The summed E-state index contributed by atoms with van der Waals surface area (Å²) in [6, 6.07) is 20.0. The van der Waals surface area contributed by atoms with Crippen LogP contribution in [0.4, 0.5) is 5.69 Å². The van der Waals surface area contributed by atoms with Gasteiger partial charge in [0.15, 0.2) is 0 Å². The molecule has 0 spiro atoms. The van der Waals surface area contributed by atoms with E-state index in [0.717, 1.165) is 36.3 Å². The number of rotatable bonds is 5. The van der Waals surface area contributed by atoms with Crippen LogP contribution >= 0.6 is 0 Å². The van der Waals surface area contributed by atoms with Crippen molar-refractivity contribution in [3.63, 3.8) is 0 Å². The van der Waals surface area contributed by atoms with Gasteiger partial charge in [-0.05, 0) is 86.7 Å². The molecule has 162 valence electrons. The van der Waals surface area contributed by atoms with E-state index in [9.17, 15) is 4.79 Å². The Bertz CT molecular complexity index is 1140. The fourth-order valence-corrected chi connectivity index (χ4v) is 4.83. The molecule has 2 aliphatic rings. The number of hydrogen-bond acceptors (Lipinski definition) is 3. The molecule has 1 aliphatic heterocycles. The molecular weight excluding hydrogens is 394 g/mol. The highest BCUT2D eigenvalue weighted by Crippen LogP contribution is 2.33. The Labute approximate surface area is 190 Å². The third kappa shape index (κ3) is 4.37. The summed E-state index contributed by atoms with van der Waals surface area (Å²) < 4.78 is 0. The monoisotopic (exact) mass is 423 g/mol. The number of anilines is 1. The first-order valence-corrected chi connectivity index (χ1v) is 11.5. The molecule has 1 N–H and O–H groups in total. The number of pyridine rings is 1. The summed E-state index contributed by atoms with van der Waals surface area (Å²) in [5, 5.41) is 3.05. The van der Waals surface area contributed by atoms with Crippen LogP contribution in [0.5, 0.6) is 0 Å². The van der Waals surface area contributed by atoms with E-state index in [2.05, 4.69) is 34.3 Å². The minimum absolute atomic E-state index is 0.130. The van der Waals surface area contributed by atoms with Crippen molar-refractivity contribution in [2.24, 2.45) is 0 Å². The number of carbonyl (C=O) groups excluding carboxylic acids is 1. The molecule has 0 unspecified atom stereocenters. The van der Waals surface area contributed by atoms with Crippen LogP contribution in [0.15, 0.2) is 72.4 Å². The summed E-state index contributed by atoms with van der Waals surface area (Å²) in [5.74, 6) is -0.130. The lowest BCUT2D eigenvalue weighted by atomic mass is 9.86. The first-order valence-electron chi connectivity index (χ1n) is 11.5. The van der Waals surface area contributed by atoms with Crippen LogP contribution in [-0.4, -0.2) is 35.4 Å². The molecule has 1 amide bonds. The molecule has 0 radical (unpaired) electrons. The van der Waals surface area contributed by atoms with Gasteiger partial charge in [0, 0.05) is 24.0 Å². The second kappa shape index (κ2) is 9.09. The zero-order valence-corrected chi connectivity index (χ0v) is 18.6. The first-order chi connectivity index (χ1) is 15.7. The van der Waals surface area contributed by atoms with Crippen LogP contribution in [0, 0.1) is 0 Å². The van der Waals surface area contributed by atoms with Gasteiger partial charge >= 0.3 is 0 Å². The molecule has 4 nitrogen and oxygen atoms in total. The topological polar surface area (TPSA) is 45.2 Å². The smallest absolute Gasteiger partial charge is 0.257 e. The average Bonchev–Trinajstić information content (AvgIpc) is 3.35. The summed E-state index contributed by atoms with van der Waals surface area (Å²) in [7, 11) is 0. The van der Waals surface area contributed by atoms with E-state index < -0.39 is 0 Å². The van der Waals surface area contributed by atoms with Gasteiger partial charge in [0.05, 0.1) is 11.3 Å². The normalized spacial score (nSPS) is 16.2. The van der Waals surface area contributed by atoms with Gasteiger partial charge in [0.2, 0.25) is 0 Å². The molecule has 2 aromatic carbocycles. The maximum Gasteiger partial charge on any atom is 0.257 e. The largest absolute Gasteiger partial charge is 0.322 e. The highest BCUT2D eigenvalue weighted by Gasteiger charge is 2.20. The van der Waals surface area contributed by atoms with Crippen LogP contribution in [-0.2, 0) is 6.42 Å². The highest BCUT2D eigenvalue weighted by atomic mass is 16.1. The van der Waals surface area contributed by atoms with E-state index in [4.69, 9.17) is 0 Å². The van der Waals surface area contributed by atoms with Crippen LogP contribution in [0.1, 0.15) is 47.7 Å². The van der Waals surface area contributed by atoms with Crippen LogP contribution in [0.2, 0.25) is 0 Å². The van der Waals surface area contributed by atoms with Crippen molar-refractivity contribution in [2.45, 2.75) is 32.6 Å². The Balaban J connectivity index is 1.28. The van der Waals surface area contributed by atoms with E-state index in [-0.39, 0.29) is 5.91 Å². The number of benzene rings is 2. The second-order valence-corrected chi connectivity index (χ2v) is 8.84. The summed E-state index contributed by atoms with van der Waals surface area (Å²) in [6.45, 7) is 5.82. The van der Waals surface area contributed by atoms with E-state index >= 15 is 0 Å². The van der Waals surface area contributed by atoms with Crippen LogP contribution in [0.3, 0.4) is 0 Å². The molecule has 4 heteroatoms. The molecule has 0 atom stereocenters. The van der Waals surface area contributed by atoms with E-state index in [1.165, 1.54) is 42.6 Å². The lowest BCUT2D eigenvalue weighted by molar-refractivity contribution is 0.102. The van der Waals surface area contributed by atoms with E-state index in [1.807, 2.05) is 48.5 Å². The van der Waals surface area contributed by atoms with Gasteiger partial charge < -0.3 is 5.32 Å². The Hall–Kier alpha value is -3.24. The number of hydrogen-bond donors (Lipinski definition) is 1. The van der Waals surface area contributed by atoms with Crippen molar-refractivity contribution in [1.29, 1.82) is 0 Å². The van der Waals surface area contributed by atoms with E-state index in [0.29, 0.717) is 5.56 Å². The van der Waals surface area contributed by atoms with Crippen LogP contribution < -0.4 is 5.32 Å². The van der Waals surface area contributed by atoms with Gasteiger partial charge in [-0.25, -0.2) is 0 Å². The maximum atomic E-state index is 12.8. The first kappa shape index (κ1) is 20.7. The second-order valence-electron chi connectivity index (χ2n) is 8.84. The van der Waals surface area contributed by atoms with Crippen LogP contribution in [0.25, 0.3) is 16.8 Å². The number of fused-ring (bicyclic) bond motifs is 1. The molecule has 2 heterocycles. The molecular formula is C28H29N3O. The minimum Gasteiger partial charge on any atom is -0.322 e. The Morgan fingerprint density at radius 3 is 2.56 bits per heavy atom. The van der Waals surface area contributed by atoms with Crippen molar-refractivity contribution in [3.05, 3.63) is 89.1 Å². The Morgan fingerprint density at radius 2 is 1.81 bits per heavy atom. The van der Waals surface area contributed by atoms with Crippen molar-refractivity contribution in [2.75, 3.05) is 25.0 Å². The third-order valence-electron chi connectivity index (χ3n) is 6.70. The number of likely N-dealkylation sites (tertiary alicyclic amines) is 1. The molecule has 32 heavy (non-hydrogen) atoms. The van der Waals surface area contributed by atoms with E-state index in [1.54, 1.807) is 11.8 Å². The number of nitrogens with one attached hydrogen (secondary N) is 1. The fraction of sp³-hybridized carbons (Fsp3) is 0.286. The maximum absolute atomic E-state index is 12.8. The Kier molecular flexibility index (Phi) is 5.87. The molecule has 5 rings (SSSR count). The standard InChI is InChI=1S/C28H29N3O/c1-20-24(19-31-15-5-6-16-31)10-9-22-17-25(12-13-26(20)22)30-28(32)23-11-14-27(29-18-23)21-7-3-2-4-8-21/h2-4,7-8,11-14,17-18H,5-6,9-10,15-16,19H2,1H3,(H,30,32). The van der Waals surface area contributed by atoms with Gasteiger partial charge in [-0.3, -0.25) is 14.7 Å². The highest BCUT2D eigenvalue weighted by molar-refractivity contribution is 6.04. The van der Waals surface area contributed by atoms with Crippen molar-refractivity contribution in [1.82, 2.24) is 9.88 Å². The fourth-order valence-electron chi connectivity index (χ4n) is 4.83. The predicted octanol–water partition coefficient (Wildman–Crippen LogP) is 5.82. The third-order valence-corrected chi connectivity index (χ3v) is 6.70. The molecule has 1 aliphatic carbocycles. The van der Waals surface area contributed by atoms with Gasteiger partial charge in [-0.2, -0.15) is 0 Å². The minimum atomic E-state index is -0.130. The molecule has 3 aromatic rings. The summed E-state index contributed by atoms with van der Waals surface area (Å²) in [6.07, 6.45) is 6.45. The number of nitrogens with zero attached hydrogens (tertiary/aromatic N) is 2. The van der Waals surface area contributed by atoms with Crippen molar-refractivity contribution < 1.29 is 4.79 Å². The number of allylic oxidation sites excluding steroid dienone is 1. The van der Waals surface area contributed by atoms with Gasteiger partial charge in [-0.15, -0.1) is 0 Å². The zero-order valence-electron chi connectivity index (χ0n) is 18.6. The van der Waals surface area contributed by atoms with Gasteiger partial charge in [-0.1, -0.05) is 42.0 Å². The van der Waals surface area contributed by atoms with Gasteiger partial charge in [0.25, 0.3) is 5.91 Å². The predicted molar refractivity (Wildman–Crippen MR) is 131 cm³/mol. The van der Waals surface area contributed by atoms with Gasteiger partial charge in [0.1, 0.15) is 0 Å². The Morgan fingerprint density at radius 1 is 1.00 bits per heavy atom.